The molecule has 2 aromatic rings. The summed E-state index contributed by atoms with van der Waals surface area (Å²) in [5.74, 6) is -0.0237. The summed E-state index contributed by atoms with van der Waals surface area (Å²) >= 11 is 6.85. The summed E-state index contributed by atoms with van der Waals surface area (Å²) < 4.78 is 13.6. The third kappa shape index (κ3) is 3.02. The van der Waals surface area contributed by atoms with Gasteiger partial charge in [0.1, 0.15) is 11.6 Å². The summed E-state index contributed by atoms with van der Waals surface area (Å²) in [4.78, 5) is 17.6. The minimum Gasteiger partial charge on any atom is -0.383 e. The molecule has 0 aliphatic heterocycles. The van der Waals surface area contributed by atoms with Crippen LogP contribution in [0.25, 0.3) is 0 Å². The van der Waals surface area contributed by atoms with Gasteiger partial charge < -0.3 is 10.7 Å². The summed E-state index contributed by atoms with van der Waals surface area (Å²) in [6, 6.07) is 5.95. The summed E-state index contributed by atoms with van der Waals surface area (Å²) in [5.41, 5.74) is 5.55. The Kier molecular flexibility index (Phi) is 3.88. The average molecular weight is 286 g/mol. The van der Waals surface area contributed by atoms with Gasteiger partial charge in [0.25, 0.3) is 5.56 Å². The molecule has 3 N–H and O–H groups in total. The van der Waals surface area contributed by atoms with E-state index in [1.165, 1.54) is 23.9 Å². The average Bonchev–Trinajstić information content (AvgIpc) is 2.30. The van der Waals surface area contributed by atoms with Gasteiger partial charge in [-0.3, -0.25) is 4.79 Å². The molecule has 0 fully saturated rings. The molecule has 0 unspecified atom stereocenters. The maximum absolute atomic E-state index is 13.6. The Bertz CT molecular complexity index is 632. The molecule has 1 aromatic heterocycles. The van der Waals surface area contributed by atoms with Crippen molar-refractivity contribution >= 4 is 29.2 Å². The second-order valence-corrected chi connectivity index (χ2v) is 4.85. The smallest absolute Gasteiger partial charge is 0.253 e. The molecule has 18 heavy (non-hydrogen) atoms. The van der Waals surface area contributed by atoms with Gasteiger partial charge in [-0.05, 0) is 11.6 Å². The molecule has 7 heteroatoms. The molecule has 2 rings (SSSR count). The van der Waals surface area contributed by atoms with E-state index in [2.05, 4.69) is 9.97 Å². The maximum atomic E-state index is 13.6. The van der Waals surface area contributed by atoms with Crippen molar-refractivity contribution in [2.24, 2.45) is 0 Å². The third-order valence-corrected chi connectivity index (χ3v) is 3.35. The fourth-order valence-corrected chi connectivity index (χ4v) is 2.38. The lowest BCUT2D eigenvalue weighted by Gasteiger charge is -2.04. The number of nitrogens with zero attached hydrogens (tertiary/aromatic N) is 1. The molecule has 0 aliphatic rings. The Morgan fingerprint density at radius 3 is 3.00 bits per heavy atom. The number of benzene rings is 1. The van der Waals surface area contributed by atoms with Gasteiger partial charge in [0.2, 0.25) is 0 Å². The predicted octanol–water partition coefficient (Wildman–Crippen LogP) is 2.44. The number of hydrogen-bond donors (Lipinski definition) is 2. The van der Waals surface area contributed by atoms with Crippen LogP contribution >= 0.6 is 23.4 Å². The van der Waals surface area contributed by atoms with Gasteiger partial charge >= 0.3 is 0 Å². The van der Waals surface area contributed by atoms with Crippen LogP contribution in [0.2, 0.25) is 5.02 Å². The van der Waals surface area contributed by atoms with Crippen molar-refractivity contribution < 1.29 is 4.39 Å². The molecule has 0 radical (unpaired) electrons. The minimum absolute atomic E-state index is 0.0714. The minimum atomic E-state index is -0.460. The number of thioether (sulfide) groups is 1. The van der Waals surface area contributed by atoms with E-state index in [1.807, 2.05) is 0 Å². The Morgan fingerprint density at radius 2 is 2.28 bits per heavy atom. The van der Waals surface area contributed by atoms with Gasteiger partial charge in [-0.2, -0.15) is 0 Å². The van der Waals surface area contributed by atoms with Crippen LogP contribution in [0.3, 0.4) is 0 Å². The van der Waals surface area contributed by atoms with Crippen LogP contribution in [0.4, 0.5) is 10.2 Å². The van der Waals surface area contributed by atoms with E-state index in [4.69, 9.17) is 17.3 Å². The molecule has 0 atom stereocenters. The summed E-state index contributed by atoms with van der Waals surface area (Å²) in [6.45, 7) is 0. The number of halogens is 2. The summed E-state index contributed by atoms with van der Waals surface area (Å²) in [6.07, 6.45) is 0. The van der Waals surface area contributed by atoms with Crippen LogP contribution in [0.1, 0.15) is 5.56 Å². The molecule has 0 aliphatic carbocycles. The highest BCUT2D eigenvalue weighted by atomic mass is 35.5. The number of anilines is 1. The molecular weight excluding hydrogens is 277 g/mol. The van der Waals surface area contributed by atoms with Gasteiger partial charge in [-0.15, -0.1) is 0 Å². The first kappa shape index (κ1) is 12.9. The zero-order chi connectivity index (χ0) is 13.1. The molecule has 0 saturated carbocycles. The maximum Gasteiger partial charge on any atom is 0.253 e. The van der Waals surface area contributed by atoms with Crippen LogP contribution in [-0.4, -0.2) is 9.97 Å². The second-order valence-electron chi connectivity index (χ2n) is 3.48. The number of rotatable bonds is 3. The van der Waals surface area contributed by atoms with E-state index >= 15 is 0 Å². The molecule has 1 aromatic carbocycles. The topological polar surface area (TPSA) is 71.8 Å². The monoisotopic (exact) mass is 285 g/mol. The lowest BCUT2D eigenvalue weighted by atomic mass is 10.2. The Labute approximate surface area is 111 Å². The van der Waals surface area contributed by atoms with E-state index in [0.717, 1.165) is 0 Å². The zero-order valence-electron chi connectivity index (χ0n) is 9.11. The van der Waals surface area contributed by atoms with Crippen LogP contribution < -0.4 is 11.3 Å². The lowest BCUT2D eigenvalue weighted by Crippen LogP contribution is -2.09. The normalized spacial score (nSPS) is 10.6. The largest absolute Gasteiger partial charge is 0.383 e. The Morgan fingerprint density at radius 1 is 1.50 bits per heavy atom. The molecule has 94 valence electrons. The van der Waals surface area contributed by atoms with Crippen LogP contribution in [0, 0.1) is 5.82 Å². The predicted molar refractivity (Wildman–Crippen MR) is 70.2 cm³/mol. The van der Waals surface area contributed by atoms with Crippen LogP contribution in [-0.2, 0) is 5.75 Å². The van der Waals surface area contributed by atoms with Gasteiger partial charge in [-0.25, -0.2) is 9.37 Å². The van der Waals surface area contributed by atoms with Crippen LogP contribution in [0.15, 0.2) is 34.2 Å². The van der Waals surface area contributed by atoms with Crippen molar-refractivity contribution in [1.29, 1.82) is 0 Å². The van der Waals surface area contributed by atoms with Crippen molar-refractivity contribution in [2.45, 2.75) is 10.9 Å². The molecule has 0 spiro atoms. The van der Waals surface area contributed by atoms with Crippen molar-refractivity contribution in [3.05, 3.63) is 51.0 Å². The highest BCUT2D eigenvalue weighted by molar-refractivity contribution is 7.98. The molecule has 0 bridgehead atoms. The van der Waals surface area contributed by atoms with Crippen molar-refractivity contribution in [3.63, 3.8) is 0 Å². The van der Waals surface area contributed by atoms with E-state index in [0.29, 0.717) is 16.5 Å². The number of aromatic amines is 1. The quantitative estimate of drug-likeness (QED) is 0.671. The van der Waals surface area contributed by atoms with E-state index in [1.54, 1.807) is 12.1 Å². The van der Waals surface area contributed by atoms with E-state index < -0.39 is 5.82 Å². The highest BCUT2D eigenvalue weighted by Gasteiger charge is 2.07. The fraction of sp³-hybridized carbons (Fsp3) is 0.0909. The van der Waals surface area contributed by atoms with Gasteiger partial charge in [0.05, 0.1) is 5.02 Å². The number of nitrogens with two attached hydrogens (primary N) is 1. The highest BCUT2D eigenvalue weighted by Crippen LogP contribution is 2.24. The molecular formula is C11H9ClFN3OS. The Balaban J connectivity index is 2.16. The number of hydrogen-bond acceptors (Lipinski definition) is 4. The first-order chi connectivity index (χ1) is 8.56. The number of nitrogens with one attached hydrogen (secondary N) is 1. The van der Waals surface area contributed by atoms with Gasteiger partial charge in [-0.1, -0.05) is 35.5 Å². The van der Waals surface area contributed by atoms with Gasteiger partial charge in [0.15, 0.2) is 5.16 Å². The first-order valence-corrected chi connectivity index (χ1v) is 6.35. The van der Waals surface area contributed by atoms with Gasteiger partial charge in [0, 0.05) is 11.8 Å². The third-order valence-electron chi connectivity index (χ3n) is 2.14. The van der Waals surface area contributed by atoms with Crippen LogP contribution in [0.5, 0.6) is 0 Å². The second kappa shape index (κ2) is 5.41. The lowest BCUT2D eigenvalue weighted by molar-refractivity contribution is 0.617. The first-order valence-electron chi connectivity index (χ1n) is 4.99. The van der Waals surface area contributed by atoms with Crippen molar-refractivity contribution in [2.75, 3.05) is 5.73 Å². The molecule has 0 saturated heterocycles. The fourth-order valence-electron chi connectivity index (χ4n) is 1.33. The number of nitrogen functional groups attached to an aromatic ring is 1. The molecule has 0 amide bonds. The van der Waals surface area contributed by atoms with Crippen molar-refractivity contribution in [3.8, 4) is 0 Å². The van der Waals surface area contributed by atoms with Crippen molar-refractivity contribution in [1.82, 2.24) is 9.97 Å². The zero-order valence-corrected chi connectivity index (χ0v) is 10.7. The summed E-state index contributed by atoms with van der Waals surface area (Å²) in [7, 11) is 0. The van der Waals surface area contributed by atoms with E-state index in [9.17, 15) is 9.18 Å². The molecule has 4 nitrogen and oxygen atoms in total. The molecule has 1 heterocycles. The number of H-pyrrole nitrogens is 1. The number of aromatic nitrogens is 2. The van der Waals surface area contributed by atoms with E-state index in [-0.39, 0.29) is 16.4 Å². The Hall–Kier alpha value is -1.53. The summed E-state index contributed by atoms with van der Waals surface area (Å²) in [5, 5.41) is 0.418. The SMILES string of the molecule is Nc1cc(=O)[nH]c(SCc2cccc(Cl)c2F)n1. The standard InChI is InChI=1S/C11H9ClFN3OS/c12-7-3-1-2-6(10(7)13)5-18-11-15-8(14)4-9(17)16-11/h1-4H,5H2,(H3,14,15,16,17).